The lowest BCUT2D eigenvalue weighted by Gasteiger charge is -1.68. The average molecular weight is 168 g/mol. The molecule has 0 aliphatic carbocycles. The van der Waals surface area contributed by atoms with Crippen LogP contribution >= 0.6 is 22.4 Å². The van der Waals surface area contributed by atoms with E-state index in [-0.39, 0.29) is 0 Å². The van der Waals surface area contributed by atoms with E-state index in [1.54, 1.807) is 0 Å². The van der Waals surface area contributed by atoms with Gasteiger partial charge in [0, 0.05) is 0 Å². The standard InChI is InChI=1S/C2H6BI/c1-3(2)4/h1-2H3. The van der Waals surface area contributed by atoms with Crippen molar-refractivity contribution in [3.8, 4) is 0 Å². The van der Waals surface area contributed by atoms with Gasteiger partial charge in [0.25, 0.3) is 0 Å². The van der Waals surface area contributed by atoms with Crippen molar-refractivity contribution in [1.82, 2.24) is 0 Å². The first kappa shape index (κ1) is 4.79. The van der Waals surface area contributed by atoms with Crippen LogP contribution in [0.2, 0.25) is 13.6 Å². The van der Waals surface area contributed by atoms with Crippen LogP contribution in [0.3, 0.4) is 0 Å². The SMILES string of the molecule is CB(C)I. The van der Waals surface area contributed by atoms with E-state index in [1.165, 1.54) is 0 Å². The summed E-state index contributed by atoms with van der Waals surface area (Å²) in [6.45, 7) is 4.31. The van der Waals surface area contributed by atoms with Crippen LogP contribution in [0.15, 0.2) is 0 Å². The third kappa shape index (κ3) is 14.2. The van der Waals surface area contributed by atoms with Gasteiger partial charge >= 0.3 is 0 Å². The smallest absolute Gasteiger partial charge is 0.150 e. The van der Waals surface area contributed by atoms with Crippen LogP contribution in [0, 0.1) is 0 Å². The Hall–Kier alpha value is 0.795. The van der Waals surface area contributed by atoms with Crippen LogP contribution in [-0.4, -0.2) is 4.57 Å². The van der Waals surface area contributed by atoms with Gasteiger partial charge < -0.3 is 0 Å². The number of hydrogen-bond acceptors (Lipinski definition) is 0. The molecule has 0 aromatic carbocycles. The van der Waals surface area contributed by atoms with Crippen molar-refractivity contribution < 1.29 is 0 Å². The zero-order valence-corrected chi connectivity index (χ0v) is 5.11. The van der Waals surface area contributed by atoms with Crippen LogP contribution in [0.1, 0.15) is 0 Å². The summed E-state index contributed by atoms with van der Waals surface area (Å²) in [6, 6.07) is 0. The Morgan fingerprint density at radius 2 is 1.50 bits per heavy atom. The van der Waals surface area contributed by atoms with Gasteiger partial charge in [-0.15, -0.1) is 0 Å². The molecule has 0 bridgehead atoms. The van der Waals surface area contributed by atoms with Gasteiger partial charge in [0.15, 0.2) is 0 Å². The third-order valence-corrected chi connectivity index (χ3v) is 0. The summed E-state index contributed by atoms with van der Waals surface area (Å²) in [5.74, 6) is 0. The highest BCUT2D eigenvalue weighted by Gasteiger charge is 1.80. The Bertz CT molecular complexity index is 10.8. The molecule has 0 rings (SSSR count). The van der Waals surface area contributed by atoms with Crippen molar-refractivity contribution in [3.63, 3.8) is 0 Å². The predicted octanol–water partition coefficient (Wildman–Crippen LogP) is 1.67. The highest BCUT2D eigenvalue weighted by atomic mass is 127. The largest absolute Gasteiger partial charge is 0.211 e. The second-order valence-corrected chi connectivity index (χ2v) is 3.51. The summed E-state index contributed by atoms with van der Waals surface area (Å²) >= 11 is 2.34. The molecule has 24 valence electrons. The molecular formula is C2H6BI. The lowest BCUT2D eigenvalue weighted by molar-refractivity contribution is 2.13. The Kier molecular flexibility index (Phi) is 2.47. The molecule has 0 aliphatic heterocycles. The normalized spacial score (nSPS) is 6.75. The molecule has 0 nitrogen and oxygen atoms in total. The highest BCUT2D eigenvalue weighted by molar-refractivity contribution is 14.1. The molecule has 0 spiro atoms. The molecule has 0 atom stereocenters. The minimum Gasteiger partial charge on any atom is -0.150 e. The minimum absolute atomic E-state index is 0.803. The molecule has 0 saturated carbocycles. The Morgan fingerprint density at radius 3 is 1.50 bits per heavy atom. The zero-order valence-electron chi connectivity index (χ0n) is 2.96. The summed E-state index contributed by atoms with van der Waals surface area (Å²) in [5.41, 5.74) is 0. The topological polar surface area (TPSA) is 0 Å². The number of hydrogen-bond donors (Lipinski definition) is 0. The van der Waals surface area contributed by atoms with Crippen LogP contribution in [0.4, 0.5) is 0 Å². The van der Waals surface area contributed by atoms with E-state index >= 15 is 0 Å². The van der Waals surface area contributed by atoms with E-state index in [1.807, 2.05) is 0 Å². The summed E-state index contributed by atoms with van der Waals surface area (Å²) in [5, 5.41) is 0. The van der Waals surface area contributed by atoms with Gasteiger partial charge in [-0.2, -0.15) is 22.4 Å². The molecule has 0 heterocycles. The summed E-state index contributed by atoms with van der Waals surface area (Å²) in [4.78, 5) is 0. The fourth-order valence-corrected chi connectivity index (χ4v) is 0. The lowest BCUT2D eigenvalue weighted by Crippen LogP contribution is -1.77. The van der Waals surface area contributed by atoms with E-state index in [0.29, 0.717) is 0 Å². The molecule has 0 amide bonds. The van der Waals surface area contributed by atoms with Crippen molar-refractivity contribution in [2.45, 2.75) is 13.6 Å². The van der Waals surface area contributed by atoms with Crippen molar-refractivity contribution in [2.24, 2.45) is 0 Å². The Balaban J connectivity index is 2.32. The van der Waals surface area contributed by atoms with Gasteiger partial charge in [0.1, 0.15) is 0 Å². The van der Waals surface area contributed by atoms with Crippen LogP contribution < -0.4 is 0 Å². The molecule has 0 aromatic rings. The molecule has 0 fully saturated rings. The van der Waals surface area contributed by atoms with E-state index in [4.69, 9.17) is 0 Å². The zero-order chi connectivity index (χ0) is 3.58. The summed E-state index contributed by atoms with van der Waals surface area (Å²) in [7, 11) is 0. The summed E-state index contributed by atoms with van der Waals surface area (Å²) < 4.78 is 0.803. The van der Waals surface area contributed by atoms with E-state index in [9.17, 15) is 0 Å². The van der Waals surface area contributed by atoms with Gasteiger partial charge in [-0.05, 0) is 0 Å². The van der Waals surface area contributed by atoms with Crippen LogP contribution in [0.5, 0.6) is 0 Å². The molecule has 0 aliphatic rings. The monoisotopic (exact) mass is 168 g/mol. The van der Waals surface area contributed by atoms with Crippen molar-refractivity contribution in [2.75, 3.05) is 0 Å². The van der Waals surface area contributed by atoms with Gasteiger partial charge in [0.05, 0.1) is 0 Å². The van der Waals surface area contributed by atoms with Gasteiger partial charge in [-0.25, -0.2) is 0 Å². The third-order valence-electron chi connectivity index (χ3n) is 0. The molecule has 0 aromatic heterocycles. The maximum absolute atomic E-state index is 2.34. The quantitative estimate of drug-likeness (QED) is 0.381. The molecule has 0 unspecified atom stereocenters. The van der Waals surface area contributed by atoms with Gasteiger partial charge in [-0.1, -0.05) is 13.6 Å². The van der Waals surface area contributed by atoms with Crippen molar-refractivity contribution in [3.05, 3.63) is 0 Å². The minimum atomic E-state index is 0.803. The first-order chi connectivity index (χ1) is 1.73. The van der Waals surface area contributed by atoms with Gasteiger partial charge in [0.2, 0.25) is 4.57 Å². The average Bonchev–Trinajstić information content (AvgIpc) is 0.811. The van der Waals surface area contributed by atoms with E-state index < -0.39 is 0 Å². The lowest BCUT2D eigenvalue weighted by atomic mass is 9.87. The Labute approximate surface area is 40.9 Å². The number of rotatable bonds is 0. The van der Waals surface area contributed by atoms with Crippen molar-refractivity contribution in [1.29, 1.82) is 0 Å². The molecule has 0 saturated heterocycles. The maximum atomic E-state index is 2.34. The highest BCUT2D eigenvalue weighted by Crippen LogP contribution is 1.86. The van der Waals surface area contributed by atoms with Crippen LogP contribution in [0.25, 0.3) is 0 Å². The molecule has 2 heteroatoms. The van der Waals surface area contributed by atoms with E-state index in [2.05, 4.69) is 36.0 Å². The first-order valence-corrected chi connectivity index (χ1v) is 2.62. The summed E-state index contributed by atoms with van der Waals surface area (Å²) in [6.07, 6.45) is 0. The fraction of sp³-hybridized carbons (Fsp3) is 1.00. The predicted molar refractivity (Wildman–Crippen MR) is 31.5 cm³/mol. The van der Waals surface area contributed by atoms with E-state index in [0.717, 1.165) is 4.57 Å². The van der Waals surface area contributed by atoms with Crippen molar-refractivity contribution >= 4 is 26.9 Å². The molecule has 4 heavy (non-hydrogen) atoms. The Morgan fingerprint density at radius 1 is 1.50 bits per heavy atom. The van der Waals surface area contributed by atoms with Gasteiger partial charge in [-0.3, -0.25) is 0 Å². The number of halogens is 1. The first-order valence-electron chi connectivity index (χ1n) is 1.37. The second kappa shape index (κ2) is 2.06. The van der Waals surface area contributed by atoms with Crippen LogP contribution in [-0.2, 0) is 0 Å². The molecule has 0 N–H and O–H groups in total. The second-order valence-electron chi connectivity index (χ2n) is 1.01. The molecule has 0 radical (unpaired) electrons. The maximum Gasteiger partial charge on any atom is 0.211 e. The fourth-order valence-electron chi connectivity index (χ4n) is 0. The molecular weight excluding hydrogens is 162 g/mol.